The second kappa shape index (κ2) is 8.69. The predicted octanol–water partition coefficient (Wildman–Crippen LogP) is 5.80. The fourth-order valence-corrected chi connectivity index (χ4v) is 4.22. The van der Waals surface area contributed by atoms with Crippen molar-refractivity contribution in [2.45, 2.75) is 39.2 Å². The molecular weight excluding hydrogens is 456 g/mol. The van der Waals surface area contributed by atoms with E-state index in [0.717, 1.165) is 28.7 Å². The van der Waals surface area contributed by atoms with Gasteiger partial charge in [0.2, 0.25) is 0 Å². The van der Waals surface area contributed by atoms with Gasteiger partial charge in [-0.15, -0.1) is 0 Å². The lowest BCUT2D eigenvalue weighted by Crippen LogP contribution is -2.30. The maximum absolute atomic E-state index is 14.7. The van der Waals surface area contributed by atoms with Crippen LogP contribution in [0, 0.1) is 18.6 Å². The Hall–Kier alpha value is -3.94. The lowest BCUT2D eigenvalue weighted by molar-refractivity contribution is -0.132. The minimum Gasteiger partial charge on any atom is -0.507 e. The molecule has 8 heteroatoms. The molecule has 35 heavy (non-hydrogen) atoms. The van der Waals surface area contributed by atoms with Crippen LogP contribution < -0.4 is 9.64 Å². The molecule has 1 aliphatic rings. The van der Waals surface area contributed by atoms with Crippen LogP contribution in [0.3, 0.4) is 0 Å². The van der Waals surface area contributed by atoms with Crippen LogP contribution in [0.25, 0.3) is 5.76 Å². The number of anilines is 1. The van der Waals surface area contributed by atoms with Crippen LogP contribution in [0.15, 0.2) is 58.5 Å². The van der Waals surface area contributed by atoms with E-state index in [1.165, 1.54) is 13.2 Å². The Bertz CT molecular complexity index is 1370. The zero-order valence-electron chi connectivity index (χ0n) is 20.0. The second-order valence-corrected chi connectivity index (χ2v) is 9.38. The third kappa shape index (κ3) is 4.20. The normalized spacial score (nSPS) is 17.8. The van der Waals surface area contributed by atoms with E-state index in [9.17, 15) is 23.5 Å². The van der Waals surface area contributed by atoms with Crippen molar-refractivity contribution in [1.29, 1.82) is 0 Å². The second-order valence-electron chi connectivity index (χ2n) is 9.38. The van der Waals surface area contributed by atoms with Gasteiger partial charge in [0.05, 0.1) is 18.4 Å². The van der Waals surface area contributed by atoms with Gasteiger partial charge in [-0.3, -0.25) is 14.5 Å². The van der Waals surface area contributed by atoms with Crippen molar-refractivity contribution < 1.29 is 32.6 Å². The molecule has 4 rings (SSSR count). The summed E-state index contributed by atoms with van der Waals surface area (Å²) in [6.45, 7) is 7.56. The highest BCUT2D eigenvalue weighted by Crippen LogP contribution is 2.44. The molecule has 1 atom stereocenters. The first-order valence-electron chi connectivity index (χ1n) is 10.9. The minimum atomic E-state index is -1.31. The summed E-state index contributed by atoms with van der Waals surface area (Å²) in [5, 5.41) is 11.3. The number of ketones is 1. The van der Waals surface area contributed by atoms with Gasteiger partial charge in [-0.25, -0.2) is 8.78 Å². The number of Topliss-reactive ketones (excluding diaryl/α,β-unsaturated/α-hetero) is 1. The average molecular weight is 481 g/mol. The molecule has 1 aromatic heterocycles. The van der Waals surface area contributed by atoms with Crippen LogP contribution in [0.1, 0.15) is 49.5 Å². The SMILES string of the molecule is COc1ccc(/C(O)=C2/C(=O)C(=O)N(c3cc(F)ccc3F)C2c2ccc(C)o2)cc1C(C)(C)C. The van der Waals surface area contributed by atoms with Gasteiger partial charge in [-0.2, -0.15) is 0 Å². The number of aliphatic hydroxyl groups is 1. The smallest absolute Gasteiger partial charge is 0.300 e. The molecule has 1 aliphatic heterocycles. The number of hydrogen-bond donors (Lipinski definition) is 1. The zero-order valence-corrected chi connectivity index (χ0v) is 20.0. The summed E-state index contributed by atoms with van der Waals surface area (Å²) >= 11 is 0. The van der Waals surface area contributed by atoms with E-state index in [1.807, 2.05) is 20.8 Å². The van der Waals surface area contributed by atoms with Gasteiger partial charge >= 0.3 is 0 Å². The summed E-state index contributed by atoms with van der Waals surface area (Å²) in [6.07, 6.45) is 0. The molecule has 1 fully saturated rings. The monoisotopic (exact) mass is 481 g/mol. The molecule has 1 unspecified atom stereocenters. The molecule has 0 radical (unpaired) electrons. The average Bonchev–Trinajstić information content (AvgIpc) is 3.34. The van der Waals surface area contributed by atoms with E-state index in [4.69, 9.17) is 9.15 Å². The Balaban J connectivity index is 1.97. The standard InChI is InChI=1S/C27H25F2NO5/c1-14-6-10-21(35-14)23-22(24(31)15-7-11-20(34-5)17(12-15)27(2,3)4)25(32)26(33)30(23)19-13-16(28)8-9-18(19)29/h6-13,23,31H,1-5H3/b24-22-. The van der Waals surface area contributed by atoms with Crippen molar-refractivity contribution in [2.24, 2.45) is 0 Å². The van der Waals surface area contributed by atoms with Gasteiger partial charge in [0, 0.05) is 17.2 Å². The molecule has 0 spiro atoms. The lowest BCUT2D eigenvalue weighted by atomic mass is 9.84. The molecule has 2 heterocycles. The van der Waals surface area contributed by atoms with Gasteiger partial charge in [0.1, 0.15) is 40.7 Å². The molecule has 6 nitrogen and oxygen atoms in total. The third-order valence-electron chi connectivity index (χ3n) is 5.92. The number of aliphatic hydroxyl groups excluding tert-OH is 1. The topological polar surface area (TPSA) is 80.0 Å². The number of carbonyl (C=O) groups excluding carboxylic acids is 2. The summed E-state index contributed by atoms with van der Waals surface area (Å²) in [5.74, 6) is -3.12. The number of hydrogen-bond acceptors (Lipinski definition) is 5. The summed E-state index contributed by atoms with van der Waals surface area (Å²) in [5.41, 5.74) is -0.0642. The third-order valence-corrected chi connectivity index (χ3v) is 5.92. The van der Waals surface area contributed by atoms with Crippen LogP contribution in [0.5, 0.6) is 5.75 Å². The first-order valence-corrected chi connectivity index (χ1v) is 10.9. The van der Waals surface area contributed by atoms with E-state index in [1.54, 1.807) is 31.2 Å². The summed E-state index contributed by atoms with van der Waals surface area (Å²) in [6, 6.07) is 9.33. The minimum absolute atomic E-state index is 0.122. The van der Waals surface area contributed by atoms with Crippen LogP contribution in [-0.2, 0) is 15.0 Å². The van der Waals surface area contributed by atoms with Crippen molar-refractivity contribution in [1.82, 2.24) is 0 Å². The largest absolute Gasteiger partial charge is 0.507 e. The van der Waals surface area contributed by atoms with Gasteiger partial charge in [0.15, 0.2) is 0 Å². The molecule has 1 N–H and O–H groups in total. The highest BCUT2D eigenvalue weighted by atomic mass is 19.1. The van der Waals surface area contributed by atoms with Crippen LogP contribution in [0.2, 0.25) is 0 Å². The van der Waals surface area contributed by atoms with Crippen LogP contribution in [-0.4, -0.2) is 23.9 Å². The Morgan fingerprint density at radius 2 is 1.77 bits per heavy atom. The van der Waals surface area contributed by atoms with Crippen molar-refractivity contribution in [3.63, 3.8) is 0 Å². The summed E-state index contributed by atoms with van der Waals surface area (Å²) in [7, 11) is 1.53. The maximum atomic E-state index is 14.7. The molecule has 1 amide bonds. The number of methoxy groups -OCH3 is 1. The van der Waals surface area contributed by atoms with Crippen molar-refractivity contribution in [2.75, 3.05) is 12.0 Å². The number of amides is 1. The number of aryl methyl sites for hydroxylation is 1. The molecule has 0 bridgehead atoms. The van der Waals surface area contributed by atoms with Crippen molar-refractivity contribution in [3.05, 3.63) is 88.4 Å². The number of nitrogens with zero attached hydrogens (tertiary/aromatic N) is 1. The summed E-state index contributed by atoms with van der Waals surface area (Å²) in [4.78, 5) is 27.1. The molecule has 0 saturated carbocycles. The molecule has 0 aliphatic carbocycles. The Morgan fingerprint density at radius 1 is 1.06 bits per heavy atom. The molecule has 1 saturated heterocycles. The maximum Gasteiger partial charge on any atom is 0.300 e. The Kier molecular flexibility index (Phi) is 6.00. The van der Waals surface area contributed by atoms with E-state index in [2.05, 4.69) is 0 Å². The number of ether oxygens (including phenoxy) is 1. The van der Waals surface area contributed by atoms with Crippen LogP contribution in [0.4, 0.5) is 14.5 Å². The Morgan fingerprint density at radius 3 is 2.37 bits per heavy atom. The number of carbonyl (C=O) groups is 2. The molecule has 2 aromatic carbocycles. The number of furan rings is 1. The fourth-order valence-electron chi connectivity index (χ4n) is 4.22. The van der Waals surface area contributed by atoms with Gasteiger partial charge in [0.25, 0.3) is 11.7 Å². The first kappa shape index (κ1) is 24.2. The number of rotatable bonds is 4. The number of halogens is 2. The quantitative estimate of drug-likeness (QED) is 0.290. The van der Waals surface area contributed by atoms with E-state index in [0.29, 0.717) is 11.5 Å². The molecule has 3 aromatic rings. The van der Waals surface area contributed by atoms with Gasteiger partial charge in [-0.1, -0.05) is 20.8 Å². The zero-order chi connectivity index (χ0) is 25.7. The van der Waals surface area contributed by atoms with Gasteiger partial charge in [-0.05, 0) is 54.8 Å². The van der Waals surface area contributed by atoms with E-state index in [-0.39, 0.29) is 22.3 Å². The van der Waals surface area contributed by atoms with E-state index >= 15 is 0 Å². The Labute approximate surface area is 201 Å². The fraction of sp³-hybridized carbons (Fsp3) is 0.259. The van der Waals surface area contributed by atoms with Crippen LogP contribution >= 0.6 is 0 Å². The highest BCUT2D eigenvalue weighted by Gasteiger charge is 2.49. The van der Waals surface area contributed by atoms with Gasteiger partial charge < -0.3 is 14.3 Å². The van der Waals surface area contributed by atoms with E-state index < -0.39 is 40.8 Å². The summed E-state index contributed by atoms with van der Waals surface area (Å²) < 4.78 is 39.9. The van der Waals surface area contributed by atoms with Crippen molar-refractivity contribution in [3.8, 4) is 5.75 Å². The predicted molar refractivity (Wildman–Crippen MR) is 126 cm³/mol. The first-order chi connectivity index (χ1) is 16.4. The highest BCUT2D eigenvalue weighted by molar-refractivity contribution is 6.51. The molecule has 182 valence electrons. The lowest BCUT2D eigenvalue weighted by Gasteiger charge is -2.25. The van der Waals surface area contributed by atoms with Crippen molar-refractivity contribution >= 4 is 23.1 Å². The molecular formula is C27H25F2NO5. The number of benzene rings is 2.